The Morgan fingerprint density at radius 1 is 1.23 bits per heavy atom. The van der Waals surface area contributed by atoms with Crippen molar-refractivity contribution in [1.82, 2.24) is 14.5 Å². The zero-order chi connectivity index (χ0) is 18.1. The number of anilines is 1. The van der Waals surface area contributed by atoms with Crippen molar-refractivity contribution >= 4 is 38.3 Å². The Hall–Kier alpha value is -3.59. The highest BCUT2D eigenvalue weighted by atomic mass is 32.1. The van der Waals surface area contributed by atoms with Gasteiger partial charge in [0.05, 0.1) is 21.5 Å². The van der Waals surface area contributed by atoms with Gasteiger partial charge >= 0.3 is 0 Å². The Morgan fingerprint density at radius 2 is 2.08 bits per heavy atom. The van der Waals surface area contributed by atoms with Crippen molar-refractivity contribution in [3.8, 4) is 5.69 Å². The lowest BCUT2D eigenvalue weighted by atomic mass is 10.1. The van der Waals surface area contributed by atoms with Crippen LogP contribution in [0, 0.1) is 10.1 Å². The molecule has 4 aromatic rings. The minimum absolute atomic E-state index is 0.180. The van der Waals surface area contributed by atoms with Crippen molar-refractivity contribution in [3.05, 3.63) is 76.9 Å². The van der Waals surface area contributed by atoms with Gasteiger partial charge in [-0.2, -0.15) is 0 Å². The van der Waals surface area contributed by atoms with Gasteiger partial charge in [0.1, 0.15) is 5.69 Å². The molecule has 0 fully saturated rings. The molecule has 0 aliphatic carbocycles. The molecule has 0 radical (unpaired) electrons. The molecular formula is C17H11N5O3S. The van der Waals surface area contributed by atoms with Gasteiger partial charge < -0.3 is 4.57 Å². The maximum Gasteiger partial charge on any atom is 0.294 e. The molecule has 9 heteroatoms. The van der Waals surface area contributed by atoms with Crippen LogP contribution in [-0.4, -0.2) is 25.4 Å². The first-order chi connectivity index (χ1) is 12.6. The average Bonchev–Trinajstić information content (AvgIpc) is 3.30. The number of nitrogens with zero attached hydrogens (tertiary/aromatic N) is 4. The van der Waals surface area contributed by atoms with Crippen LogP contribution in [-0.2, 0) is 0 Å². The molecule has 2 aromatic carbocycles. The maximum absolute atomic E-state index is 12.5. The molecule has 0 saturated heterocycles. The van der Waals surface area contributed by atoms with Crippen LogP contribution in [0.3, 0.4) is 0 Å². The number of amides is 1. The van der Waals surface area contributed by atoms with Gasteiger partial charge in [-0.3, -0.25) is 20.2 Å². The first-order valence-electron chi connectivity index (χ1n) is 7.55. The van der Waals surface area contributed by atoms with Crippen molar-refractivity contribution in [1.29, 1.82) is 0 Å². The second kappa shape index (κ2) is 6.37. The quantitative estimate of drug-likeness (QED) is 0.439. The summed E-state index contributed by atoms with van der Waals surface area (Å²) < 4.78 is 2.47. The highest BCUT2D eigenvalue weighted by molar-refractivity contribution is 7.22. The number of rotatable bonds is 4. The second-order valence-corrected chi connectivity index (χ2v) is 6.40. The SMILES string of the molecule is O=C(Nc1nc2ccccc2s1)c1ccc(-n2ccnc2)c([N+](=O)[O-])c1. The number of aromatic nitrogens is 3. The molecule has 0 unspecified atom stereocenters. The summed E-state index contributed by atoms with van der Waals surface area (Å²) >= 11 is 1.34. The number of thiazole rings is 1. The first-order valence-corrected chi connectivity index (χ1v) is 8.37. The number of carbonyl (C=O) groups excluding carboxylic acids is 1. The summed E-state index contributed by atoms with van der Waals surface area (Å²) in [5, 5.41) is 14.5. The lowest BCUT2D eigenvalue weighted by Crippen LogP contribution is -2.12. The number of fused-ring (bicyclic) bond motifs is 1. The molecule has 1 N–H and O–H groups in total. The number of nitro benzene ring substituents is 1. The summed E-state index contributed by atoms with van der Waals surface area (Å²) in [6.45, 7) is 0. The number of benzene rings is 2. The Labute approximate surface area is 150 Å². The van der Waals surface area contributed by atoms with Crippen molar-refractivity contribution in [2.75, 3.05) is 5.32 Å². The molecule has 0 atom stereocenters. The van der Waals surface area contributed by atoms with Gasteiger partial charge in [-0.05, 0) is 24.3 Å². The molecule has 0 aliphatic heterocycles. The highest BCUT2D eigenvalue weighted by Crippen LogP contribution is 2.27. The van der Waals surface area contributed by atoms with Crippen LogP contribution in [0.25, 0.3) is 15.9 Å². The van der Waals surface area contributed by atoms with Gasteiger partial charge in [-0.1, -0.05) is 23.5 Å². The summed E-state index contributed by atoms with van der Waals surface area (Å²) in [5.41, 5.74) is 1.12. The predicted octanol–water partition coefficient (Wildman–Crippen LogP) is 3.64. The maximum atomic E-state index is 12.5. The van der Waals surface area contributed by atoms with Crippen LogP contribution in [0.5, 0.6) is 0 Å². The lowest BCUT2D eigenvalue weighted by Gasteiger charge is -2.06. The first kappa shape index (κ1) is 15.9. The van der Waals surface area contributed by atoms with E-state index >= 15 is 0 Å². The largest absolute Gasteiger partial charge is 0.300 e. The number of nitro groups is 1. The highest BCUT2D eigenvalue weighted by Gasteiger charge is 2.19. The number of nitrogens with one attached hydrogen (secondary N) is 1. The van der Waals surface area contributed by atoms with Gasteiger partial charge in [0.15, 0.2) is 5.13 Å². The van der Waals surface area contributed by atoms with E-state index < -0.39 is 10.8 Å². The predicted molar refractivity (Wildman–Crippen MR) is 97.8 cm³/mol. The zero-order valence-corrected chi connectivity index (χ0v) is 14.0. The van der Waals surface area contributed by atoms with Crippen LogP contribution in [0.4, 0.5) is 10.8 Å². The fraction of sp³-hybridized carbons (Fsp3) is 0. The van der Waals surface area contributed by atoms with Crippen LogP contribution in [0.1, 0.15) is 10.4 Å². The fourth-order valence-electron chi connectivity index (χ4n) is 2.53. The summed E-state index contributed by atoms with van der Waals surface area (Å²) in [7, 11) is 0. The molecule has 1 amide bonds. The van der Waals surface area contributed by atoms with Crippen LogP contribution in [0.2, 0.25) is 0 Å². The van der Waals surface area contributed by atoms with Crippen molar-refractivity contribution in [2.45, 2.75) is 0 Å². The van der Waals surface area contributed by atoms with Gasteiger partial charge in [0.25, 0.3) is 11.6 Å². The summed E-state index contributed by atoms with van der Waals surface area (Å²) in [4.78, 5) is 31.6. The number of imidazole rings is 1. The number of carbonyl (C=O) groups is 1. The summed E-state index contributed by atoms with van der Waals surface area (Å²) in [6, 6.07) is 11.8. The van der Waals surface area contributed by atoms with Crippen molar-refractivity contribution < 1.29 is 9.72 Å². The molecule has 0 spiro atoms. The van der Waals surface area contributed by atoms with Gasteiger partial charge in [0.2, 0.25) is 0 Å². The molecule has 128 valence electrons. The van der Waals surface area contributed by atoms with E-state index in [2.05, 4.69) is 15.3 Å². The molecule has 26 heavy (non-hydrogen) atoms. The number of hydrogen-bond acceptors (Lipinski definition) is 6. The fourth-order valence-corrected chi connectivity index (χ4v) is 3.39. The molecule has 0 saturated carbocycles. The Kier molecular flexibility index (Phi) is 3.90. The van der Waals surface area contributed by atoms with E-state index in [1.54, 1.807) is 6.20 Å². The van der Waals surface area contributed by atoms with Crippen molar-refractivity contribution in [3.63, 3.8) is 0 Å². The van der Waals surface area contributed by atoms with E-state index in [-0.39, 0.29) is 11.3 Å². The lowest BCUT2D eigenvalue weighted by molar-refractivity contribution is -0.384. The average molecular weight is 365 g/mol. The van der Waals surface area contributed by atoms with E-state index in [4.69, 9.17) is 0 Å². The molecular weight excluding hydrogens is 354 g/mol. The molecule has 8 nitrogen and oxygen atoms in total. The normalized spacial score (nSPS) is 10.8. The van der Waals surface area contributed by atoms with E-state index in [1.807, 2.05) is 24.3 Å². The molecule has 4 rings (SSSR count). The third-order valence-corrected chi connectivity index (χ3v) is 4.68. The van der Waals surface area contributed by atoms with E-state index in [1.165, 1.54) is 46.6 Å². The van der Waals surface area contributed by atoms with Gasteiger partial charge in [-0.25, -0.2) is 9.97 Å². The van der Waals surface area contributed by atoms with Crippen LogP contribution >= 0.6 is 11.3 Å². The van der Waals surface area contributed by atoms with E-state index in [0.29, 0.717) is 10.8 Å². The third kappa shape index (κ3) is 2.91. The minimum Gasteiger partial charge on any atom is -0.300 e. The van der Waals surface area contributed by atoms with Crippen molar-refractivity contribution in [2.24, 2.45) is 0 Å². The third-order valence-electron chi connectivity index (χ3n) is 3.73. The second-order valence-electron chi connectivity index (χ2n) is 5.37. The van der Waals surface area contributed by atoms with E-state index in [0.717, 1.165) is 10.2 Å². The minimum atomic E-state index is -0.524. The monoisotopic (exact) mass is 365 g/mol. The molecule has 0 aliphatic rings. The smallest absolute Gasteiger partial charge is 0.294 e. The van der Waals surface area contributed by atoms with Crippen LogP contribution < -0.4 is 5.32 Å². The van der Waals surface area contributed by atoms with Gasteiger partial charge in [0, 0.05) is 24.0 Å². The van der Waals surface area contributed by atoms with Crippen LogP contribution in [0.15, 0.2) is 61.2 Å². The Morgan fingerprint density at radius 3 is 2.81 bits per heavy atom. The Bertz CT molecular complexity index is 1090. The topological polar surface area (TPSA) is 103 Å². The summed E-state index contributed by atoms with van der Waals surface area (Å²) in [5.74, 6) is -0.454. The zero-order valence-electron chi connectivity index (χ0n) is 13.2. The molecule has 2 aromatic heterocycles. The molecule has 0 bridgehead atoms. The van der Waals surface area contributed by atoms with Gasteiger partial charge in [-0.15, -0.1) is 0 Å². The number of hydrogen-bond donors (Lipinski definition) is 1. The Balaban J connectivity index is 1.65. The summed E-state index contributed by atoms with van der Waals surface area (Å²) in [6.07, 6.45) is 4.59. The molecule has 2 heterocycles. The number of para-hydroxylation sites is 1. The standard InChI is InChI=1S/C17H11N5O3S/c23-16(20-17-19-12-3-1-2-4-15(12)26-17)11-5-6-13(14(9-11)22(24)25)21-8-7-18-10-21/h1-10H,(H,19,20,23). The van der Waals surface area contributed by atoms with E-state index in [9.17, 15) is 14.9 Å².